The van der Waals surface area contributed by atoms with Crippen molar-refractivity contribution in [3.8, 4) is 0 Å². The molecule has 0 fully saturated rings. The average molecular weight is 542 g/mol. The van der Waals surface area contributed by atoms with Crippen LogP contribution in [0.25, 0.3) is 0 Å². The van der Waals surface area contributed by atoms with Crippen LogP contribution in [0.1, 0.15) is 22.3 Å². The van der Waals surface area contributed by atoms with Gasteiger partial charge in [0, 0.05) is 24.3 Å². The van der Waals surface area contributed by atoms with E-state index in [-0.39, 0.29) is 73.7 Å². The quantitative estimate of drug-likeness (QED) is 0.275. The molecule has 0 saturated heterocycles. The number of hydrogen-bond donors (Lipinski definition) is 0. The first kappa shape index (κ1) is 29.9. The van der Waals surface area contributed by atoms with Gasteiger partial charge in [-0.2, -0.15) is 21.9 Å². The normalized spacial score (nSPS) is 11.5. The maximum Gasteiger partial charge on any atom is 1.00 e. The second-order valence-corrected chi connectivity index (χ2v) is 9.27. The molecule has 0 nitrogen and oxygen atoms in total. The third-order valence-corrected chi connectivity index (χ3v) is 7.26. The van der Waals surface area contributed by atoms with Crippen molar-refractivity contribution in [1.82, 2.24) is 0 Å². The Kier molecular flexibility index (Phi) is 8.56. The standard InChI is InChI=1S/C28H20BF8.Na/c1-13-21(5-17(30)9-25(13)34)29(22-6-18(31)10-26(35)14(22)2,23-7-19(32)11-27(36)15(23)3)24-8-20(33)12-28(37)16(24)4;/h5-12H,1-4H3;/q-1;+1. The SMILES string of the molecule is Cc1c(F)cc(F)cc1[B-](c1cc(F)cc(F)c1C)(c1cc(F)cc(F)c1C)c1cc(F)cc(F)c1C.[Na+]. The topological polar surface area (TPSA) is 0 Å². The fraction of sp³-hybridized carbons (Fsp3) is 0.143. The number of benzene rings is 4. The first-order valence-corrected chi connectivity index (χ1v) is 11.3. The molecule has 0 aliphatic heterocycles. The van der Waals surface area contributed by atoms with Crippen LogP contribution < -0.4 is 51.4 Å². The summed E-state index contributed by atoms with van der Waals surface area (Å²) in [5, 5.41) is 0. The number of rotatable bonds is 4. The maximum absolute atomic E-state index is 15.0. The van der Waals surface area contributed by atoms with E-state index in [1.54, 1.807) is 0 Å². The number of halogens is 8. The van der Waals surface area contributed by atoms with Gasteiger partial charge in [0.05, 0.1) is 0 Å². The van der Waals surface area contributed by atoms with E-state index in [1.165, 1.54) is 27.7 Å². The van der Waals surface area contributed by atoms with Crippen LogP contribution in [0.15, 0.2) is 48.5 Å². The minimum atomic E-state index is -3.39. The summed E-state index contributed by atoms with van der Waals surface area (Å²) >= 11 is 0. The van der Waals surface area contributed by atoms with Gasteiger partial charge in [-0.15, -0.1) is 0 Å². The molecule has 0 bridgehead atoms. The molecule has 4 rings (SSSR count). The van der Waals surface area contributed by atoms with Crippen LogP contribution in [0.4, 0.5) is 35.1 Å². The minimum Gasteiger partial charge on any atom is -0.207 e. The van der Waals surface area contributed by atoms with Crippen molar-refractivity contribution < 1.29 is 64.7 Å². The average Bonchev–Trinajstić information content (AvgIpc) is 2.80. The van der Waals surface area contributed by atoms with Gasteiger partial charge in [-0.3, -0.25) is 0 Å². The van der Waals surface area contributed by atoms with E-state index in [9.17, 15) is 17.6 Å². The van der Waals surface area contributed by atoms with Gasteiger partial charge in [0.15, 0.2) is 0 Å². The van der Waals surface area contributed by atoms with E-state index in [0.717, 1.165) is 24.3 Å². The van der Waals surface area contributed by atoms with E-state index in [2.05, 4.69) is 0 Å². The van der Waals surface area contributed by atoms with Crippen molar-refractivity contribution in [3.05, 3.63) is 117 Å². The van der Waals surface area contributed by atoms with Gasteiger partial charge in [0.2, 0.25) is 0 Å². The van der Waals surface area contributed by atoms with E-state index < -0.39 is 52.7 Å². The molecule has 4 aromatic rings. The van der Waals surface area contributed by atoms with Crippen molar-refractivity contribution in [2.45, 2.75) is 27.7 Å². The molecule has 4 aromatic carbocycles. The molecule has 0 N–H and O–H groups in total. The Labute approximate surface area is 236 Å². The van der Waals surface area contributed by atoms with Crippen LogP contribution in [0.2, 0.25) is 0 Å². The van der Waals surface area contributed by atoms with Crippen LogP contribution in [0.5, 0.6) is 0 Å². The molecule has 0 heterocycles. The van der Waals surface area contributed by atoms with Gasteiger partial charge < -0.3 is 0 Å². The van der Waals surface area contributed by atoms with Gasteiger partial charge in [0.1, 0.15) is 52.7 Å². The molecule has 10 heteroatoms. The van der Waals surface area contributed by atoms with Crippen LogP contribution in [0.3, 0.4) is 0 Å². The van der Waals surface area contributed by atoms with E-state index in [0.29, 0.717) is 24.3 Å². The second kappa shape index (κ2) is 10.9. The predicted molar refractivity (Wildman–Crippen MR) is 129 cm³/mol. The molecule has 0 aromatic heterocycles. The summed E-state index contributed by atoms with van der Waals surface area (Å²) in [5.74, 6) is -8.71. The zero-order chi connectivity index (χ0) is 27.4. The summed E-state index contributed by atoms with van der Waals surface area (Å²) in [6.45, 7) is 4.95. The molecule has 0 spiro atoms. The first-order valence-electron chi connectivity index (χ1n) is 11.3. The van der Waals surface area contributed by atoms with E-state index >= 15 is 17.6 Å². The molecule has 0 unspecified atom stereocenters. The first-order chi connectivity index (χ1) is 17.3. The molecule has 192 valence electrons. The molecular weight excluding hydrogens is 522 g/mol. The molecule has 0 radical (unpaired) electrons. The van der Waals surface area contributed by atoms with Crippen molar-refractivity contribution in [3.63, 3.8) is 0 Å². The molecule has 0 aliphatic rings. The molecule has 38 heavy (non-hydrogen) atoms. The largest absolute Gasteiger partial charge is 1.00 e. The Hall–Kier alpha value is -2.62. The van der Waals surface area contributed by atoms with E-state index in [4.69, 9.17) is 0 Å². The Morgan fingerprint density at radius 2 is 0.553 bits per heavy atom. The van der Waals surface area contributed by atoms with Gasteiger partial charge in [-0.25, -0.2) is 35.1 Å². The molecule has 0 amide bonds. The van der Waals surface area contributed by atoms with Crippen molar-refractivity contribution in [2.75, 3.05) is 0 Å². The zero-order valence-electron chi connectivity index (χ0n) is 21.2. The summed E-state index contributed by atoms with van der Waals surface area (Å²) in [5.41, 5.74) is -2.09. The minimum absolute atomic E-state index is 0. The van der Waals surface area contributed by atoms with Gasteiger partial charge >= 0.3 is 29.6 Å². The predicted octanol–water partition coefficient (Wildman–Crippen LogP) is 2.41. The van der Waals surface area contributed by atoms with Crippen LogP contribution >= 0.6 is 0 Å². The third-order valence-electron chi connectivity index (χ3n) is 7.26. The summed E-state index contributed by atoms with van der Waals surface area (Å²) in [6.07, 6.45) is -3.39. The fourth-order valence-corrected chi connectivity index (χ4v) is 5.47. The Balaban J connectivity index is 0.00000400. The second-order valence-electron chi connectivity index (χ2n) is 9.27. The van der Waals surface area contributed by atoms with Crippen LogP contribution in [-0.2, 0) is 0 Å². The summed E-state index contributed by atoms with van der Waals surface area (Å²) in [6, 6.07) is 5.67. The smallest absolute Gasteiger partial charge is 0.207 e. The zero-order valence-corrected chi connectivity index (χ0v) is 23.2. The molecule has 0 atom stereocenters. The third kappa shape index (κ3) is 4.80. The van der Waals surface area contributed by atoms with Crippen LogP contribution in [0, 0.1) is 74.2 Å². The van der Waals surface area contributed by atoms with Crippen molar-refractivity contribution in [2.24, 2.45) is 0 Å². The van der Waals surface area contributed by atoms with E-state index in [1.807, 2.05) is 0 Å². The summed E-state index contributed by atoms with van der Waals surface area (Å²) in [4.78, 5) is 0. The Morgan fingerprint density at radius 1 is 0.368 bits per heavy atom. The van der Waals surface area contributed by atoms with Gasteiger partial charge in [0.25, 0.3) is 0 Å². The van der Waals surface area contributed by atoms with Gasteiger partial charge in [-0.05, 0) is 49.9 Å². The monoisotopic (exact) mass is 542 g/mol. The van der Waals surface area contributed by atoms with Gasteiger partial charge in [-0.1, -0.05) is 24.3 Å². The van der Waals surface area contributed by atoms with Crippen LogP contribution in [-0.4, -0.2) is 6.15 Å². The molecule has 0 saturated carbocycles. The Morgan fingerprint density at radius 3 is 0.737 bits per heavy atom. The Bertz CT molecular complexity index is 1330. The van der Waals surface area contributed by atoms with Crippen molar-refractivity contribution in [1.29, 1.82) is 0 Å². The fourth-order valence-electron chi connectivity index (χ4n) is 5.47. The summed E-state index contributed by atoms with van der Waals surface area (Å²) in [7, 11) is 0. The van der Waals surface area contributed by atoms with Crippen molar-refractivity contribution >= 4 is 28.0 Å². The molecular formula is C28H20BF8Na. The maximum atomic E-state index is 15.0. The summed E-state index contributed by atoms with van der Waals surface area (Å²) < 4.78 is 119. The molecule has 0 aliphatic carbocycles. The number of hydrogen-bond acceptors (Lipinski definition) is 0.